The van der Waals surface area contributed by atoms with Gasteiger partial charge in [0, 0.05) is 28.9 Å². The largest absolute Gasteiger partial charge is 0.465 e. The number of rotatable bonds is 5. The van der Waals surface area contributed by atoms with Crippen LogP contribution in [0.1, 0.15) is 26.5 Å². The molecule has 8 nitrogen and oxygen atoms in total. The molecule has 0 aliphatic carbocycles. The lowest BCUT2D eigenvalue weighted by molar-refractivity contribution is -0.131. The Morgan fingerprint density at radius 1 is 1.21 bits per heavy atom. The number of ether oxygens (including phenoxy) is 1. The number of anilines is 1. The minimum atomic E-state index is -0.990. The van der Waals surface area contributed by atoms with E-state index in [1.54, 1.807) is 18.2 Å². The second-order valence-corrected chi connectivity index (χ2v) is 8.80. The average molecular weight is 486 g/mol. The fraction of sp³-hybridized carbons (Fsp3) is 0.217. The molecule has 0 bridgehead atoms. The van der Waals surface area contributed by atoms with Gasteiger partial charge in [-0.05, 0) is 24.3 Å². The maximum Gasteiger partial charge on any atom is 0.337 e. The maximum atomic E-state index is 13.3. The van der Waals surface area contributed by atoms with Gasteiger partial charge in [-0.2, -0.15) is 0 Å². The van der Waals surface area contributed by atoms with Gasteiger partial charge < -0.3 is 20.3 Å². The number of thiophene rings is 1. The Hall–Kier alpha value is -3.43. The van der Waals surface area contributed by atoms with Crippen LogP contribution in [0.4, 0.5) is 5.69 Å². The van der Waals surface area contributed by atoms with Crippen molar-refractivity contribution in [2.45, 2.75) is 12.5 Å². The zero-order valence-corrected chi connectivity index (χ0v) is 19.2. The molecule has 0 radical (unpaired) electrons. The normalized spacial score (nSPS) is 15.8. The summed E-state index contributed by atoms with van der Waals surface area (Å²) >= 11 is 7.72. The standard InChI is InChI=1S/C23H20ClN3O5S/c1-32-23(31)13-5-4-6-14(11-13)26-18(28)12-16-21(29)25-9-10-27(16)22(30)20-19(24)15-7-2-3-8-17(15)33-20/h2-8,11,16H,9-10,12H2,1H3,(H,25,29)(H,26,28)/t16-/m0/s1. The molecule has 2 aromatic carbocycles. The van der Waals surface area contributed by atoms with Crippen molar-refractivity contribution in [2.24, 2.45) is 0 Å². The van der Waals surface area contributed by atoms with E-state index in [0.717, 1.165) is 10.1 Å². The van der Waals surface area contributed by atoms with E-state index in [4.69, 9.17) is 11.6 Å². The monoisotopic (exact) mass is 485 g/mol. The molecule has 3 aromatic rings. The third-order valence-electron chi connectivity index (χ3n) is 5.27. The number of amides is 3. The molecule has 33 heavy (non-hydrogen) atoms. The summed E-state index contributed by atoms with van der Waals surface area (Å²) in [4.78, 5) is 52.1. The summed E-state index contributed by atoms with van der Waals surface area (Å²) in [6, 6.07) is 12.7. The number of piperazine rings is 1. The number of esters is 1. The van der Waals surface area contributed by atoms with Crippen LogP contribution in [-0.2, 0) is 14.3 Å². The fourth-order valence-corrected chi connectivity index (χ4v) is 5.14. The van der Waals surface area contributed by atoms with E-state index in [9.17, 15) is 19.2 Å². The van der Waals surface area contributed by atoms with Gasteiger partial charge in [-0.15, -0.1) is 11.3 Å². The molecule has 0 saturated carbocycles. The van der Waals surface area contributed by atoms with Gasteiger partial charge in [0.05, 0.1) is 24.1 Å². The zero-order chi connectivity index (χ0) is 23.5. The third kappa shape index (κ3) is 4.69. The van der Waals surface area contributed by atoms with Crippen molar-refractivity contribution in [1.29, 1.82) is 0 Å². The lowest BCUT2D eigenvalue weighted by Crippen LogP contribution is -2.58. The van der Waals surface area contributed by atoms with E-state index in [1.807, 2.05) is 24.3 Å². The smallest absolute Gasteiger partial charge is 0.337 e. The first kappa shape index (κ1) is 22.8. The molecule has 2 N–H and O–H groups in total. The summed E-state index contributed by atoms with van der Waals surface area (Å²) in [5.74, 6) is -1.80. The van der Waals surface area contributed by atoms with Crippen LogP contribution in [0.25, 0.3) is 10.1 Å². The number of benzene rings is 2. The highest BCUT2D eigenvalue weighted by atomic mass is 35.5. The Kier molecular flexibility index (Phi) is 6.62. The van der Waals surface area contributed by atoms with Gasteiger partial charge in [-0.1, -0.05) is 35.9 Å². The molecule has 170 valence electrons. The van der Waals surface area contributed by atoms with Crippen LogP contribution in [0, 0.1) is 0 Å². The van der Waals surface area contributed by atoms with Crippen LogP contribution < -0.4 is 10.6 Å². The molecule has 2 heterocycles. The van der Waals surface area contributed by atoms with Crippen LogP contribution in [0.5, 0.6) is 0 Å². The first-order chi connectivity index (χ1) is 15.9. The van der Waals surface area contributed by atoms with Gasteiger partial charge in [0.15, 0.2) is 0 Å². The molecule has 1 fully saturated rings. The topological polar surface area (TPSA) is 105 Å². The van der Waals surface area contributed by atoms with Crippen molar-refractivity contribution >= 4 is 62.4 Å². The van der Waals surface area contributed by atoms with Crippen molar-refractivity contribution < 1.29 is 23.9 Å². The number of fused-ring (bicyclic) bond motifs is 1. The number of carbonyl (C=O) groups excluding carboxylic acids is 4. The van der Waals surface area contributed by atoms with Crippen LogP contribution in [0.15, 0.2) is 48.5 Å². The number of hydrogen-bond acceptors (Lipinski definition) is 6. The summed E-state index contributed by atoms with van der Waals surface area (Å²) in [5.41, 5.74) is 0.659. The van der Waals surface area contributed by atoms with Crippen molar-refractivity contribution in [1.82, 2.24) is 10.2 Å². The Balaban J connectivity index is 1.53. The van der Waals surface area contributed by atoms with E-state index >= 15 is 0 Å². The molecule has 1 saturated heterocycles. The number of nitrogens with zero attached hydrogens (tertiary/aromatic N) is 1. The summed E-state index contributed by atoms with van der Waals surface area (Å²) in [5, 5.41) is 6.49. The highest BCUT2D eigenvalue weighted by Gasteiger charge is 2.36. The SMILES string of the molecule is COC(=O)c1cccc(NC(=O)C[C@H]2C(=O)NCCN2C(=O)c2sc3ccccc3c2Cl)c1. The molecular formula is C23H20ClN3O5S. The van der Waals surface area contributed by atoms with Crippen LogP contribution in [0.3, 0.4) is 0 Å². The van der Waals surface area contributed by atoms with Gasteiger partial charge in [-0.3, -0.25) is 14.4 Å². The Morgan fingerprint density at radius 3 is 2.76 bits per heavy atom. The summed E-state index contributed by atoms with van der Waals surface area (Å²) in [6.07, 6.45) is -0.247. The maximum absolute atomic E-state index is 13.3. The Morgan fingerprint density at radius 2 is 2.00 bits per heavy atom. The summed E-state index contributed by atoms with van der Waals surface area (Å²) < 4.78 is 5.55. The number of halogens is 1. The highest BCUT2D eigenvalue weighted by Crippen LogP contribution is 2.36. The third-order valence-corrected chi connectivity index (χ3v) is 6.93. The van der Waals surface area contributed by atoms with Crippen molar-refractivity contribution in [3.63, 3.8) is 0 Å². The molecule has 10 heteroatoms. The predicted octanol–water partition coefficient (Wildman–Crippen LogP) is 3.31. The van der Waals surface area contributed by atoms with Gasteiger partial charge in [0.2, 0.25) is 11.8 Å². The quantitative estimate of drug-likeness (QED) is 0.539. The van der Waals surface area contributed by atoms with Crippen molar-refractivity contribution in [3.05, 3.63) is 64.0 Å². The van der Waals surface area contributed by atoms with Crippen LogP contribution >= 0.6 is 22.9 Å². The van der Waals surface area contributed by atoms with Crippen LogP contribution in [0.2, 0.25) is 5.02 Å². The zero-order valence-electron chi connectivity index (χ0n) is 17.6. The molecule has 4 rings (SSSR count). The minimum Gasteiger partial charge on any atom is -0.465 e. The summed E-state index contributed by atoms with van der Waals surface area (Å²) in [6.45, 7) is 0.539. The molecule has 1 aromatic heterocycles. The molecule has 0 unspecified atom stereocenters. The van der Waals surface area contributed by atoms with Crippen molar-refractivity contribution in [3.8, 4) is 0 Å². The van der Waals surface area contributed by atoms with E-state index in [-0.39, 0.29) is 31.0 Å². The predicted molar refractivity (Wildman–Crippen MR) is 126 cm³/mol. The molecule has 3 amide bonds. The second kappa shape index (κ2) is 9.60. The molecule has 1 aliphatic rings. The van der Waals surface area contributed by atoms with E-state index in [1.165, 1.54) is 29.4 Å². The number of nitrogens with one attached hydrogen (secondary N) is 2. The first-order valence-corrected chi connectivity index (χ1v) is 11.3. The van der Waals surface area contributed by atoms with E-state index in [2.05, 4.69) is 15.4 Å². The van der Waals surface area contributed by atoms with E-state index < -0.39 is 23.8 Å². The second-order valence-electron chi connectivity index (χ2n) is 7.37. The fourth-order valence-electron chi connectivity index (χ4n) is 3.67. The molecule has 1 aliphatic heterocycles. The van der Waals surface area contributed by atoms with Crippen molar-refractivity contribution in [2.75, 3.05) is 25.5 Å². The molecular weight excluding hydrogens is 466 g/mol. The Bertz CT molecular complexity index is 1260. The summed E-state index contributed by atoms with van der Waals surface area (Å²) in [7, 11) is 1.27. The minimum absolute atomic E-state index is 0.247. The van der Waals surface area contributed by atoms with Crippen LogP contribution in [-0.4, -0.2) is 54.8 Å². The van der Waals surface area contributed by atoms with Gasteiger partial charge in [0.25, 0.3) is 5.91 Å². The Labute approximate surface area is 198 Å². The van der Waals surface area contributed by atoms with E-state index in [0.29, 0.717) is 15.6 Å². The average Bonchev–Trinajstić information content (AvgIpc) is 3.16. The lowest BCUT2D eigenvalue weighted by atomic mass is 10.1. The van der Waals surface area contributed by atoms with Gasteiger partial charge >= 0.3 is 5.97 Å². The lowest BCUT2D eigenvalue weighted by Gasteiger charge is -2.34. The molecule has 1 atom stereocenters. The number of hydrogen-bond donors (Lipinski definition) is 2. The number of methoxy groups -OCH3 is 1. The number of carbonyl (C=O) groups is 4. The first-order valence-electron chi connectivity index (χ1n) is 10.1. The molecule has 0 spiro atoms. The van der Waals surface area contributed by atoms with Gasteiger partial charge in [-0.25, -0.2) is 4.79 Å². The highest BCUT2D eigenvalue weighted by molar-refractivity contribution is 7.21. The van der Waals surface area contributed by atoms with Gasteiger partial charge in [0.1, 0.15) is 10.9 Å².